The van der Waals surface area contributed by atoms with E-state index < -0.39 is 45.4 Å². The van der Waals surface area contributed by atoms with Crippen LogP contribution in [0.3, 0.4) is 0 Å². The van der Waals surface area contributed by atoms with Gasteiger partial charge in [-0.05, 0) is 50.6 Å². The van der Waals surface area contributed by atoms with Gasteiger partial charge in [0.2, 0.25) is 0 Å². The molecule has 1 fully saturated rings. The van der Waals surface area contributed by atoms with Crippen LogP contribution in [0.5, 0.6) is 0 Å². The van der Waals surface area contributed by atoms with E-state index in [0.29, 0.717) is 16.8 Å². The normalized spacial score (nSPS) is 18.4. The van der Waals surface area contributed by atoms with Crippen LogP contribution in [0, 0.1) is 0 Å². The third-order valence-electron chi connectivity index (χ3n) is 6.04. The van der Waals surface area contributed by atoms with Gasteiger partial charge in [0.25, 0.3) is 0 Å². The molecule has 0 aliphatic carbocycles. The minimum absolute atomic E-state index is 0.0133. The molecule has 1 amide bonds. The third kappa shape index (κ3) is 7.15. The van der Waals surface area contributed by atoms with Gasteiger partial charge in [0.05, 0.1) is 42.0 Å². The molecule has 9 nitrogen and oxygen atoms in total. The molecule has 0 unspecified atom stereocenters. The van der Waals surface area contributed by atoms with Crippen LogP contribution in [-0.4, -0.2) is 65.5 Å². The quantitative estimate of drug-likeness (QED) is 0.424. The number of halogens is 3. The average molecular weight is 567 g/mol. The van der Waals surface area contributed by atoms with Gasteiger partial charge in [0, 0.05) is 18.4 Å². The van der Waals surface area contributed by atoms with E-state index in [1.807, 2.05) is 0 Å². The molecule has 2 aromatic carbocycles. The lowest BCUT2D eigenvalue weighted by atomic mass is 10.1. The summed E-state index contributed by atoms with van der Waals surface area (Å²) in [5.74, 6) is 0. The van der Waals surface area contributed by atoms with Gasteiger partial charge in [-0.15, -0.1) is 5.10 Å². The Hall–Kier alpha value is -3.45. The number of rotatable bonds is 6. The summed E-state index contributed by atoms with van der Waals surface area (Å²) in [6.07, 6.45) is -2.79. The lowest BCUT2D eigenvalue weighted by Crippen LogP contribution is -2.36. The van der Waals surface area contributed by atoms with Crippen molar-refractivity contribution in [1.82, 2.24) is 19.9 Å². The van der Waals surface area contributed by atoms with Crippen molar-refractivity contribution >= 4 is 15.9 Å². The molecule has 1 aromatic heterocycles. The molecule has 4 rings (SSSR count). The van der Waals surface area contributed by atoms with E-state index in [0.717, 1.165) is 18.4 Å². The zero-order valence-corrected chi connectivity index (χ0v) is 22.7. The Morgan fingerprint density at radius 3 is 2.38 bits per heavy atom. The van der Waals surface area contributed by atoms with Crippen LogP contribution in [0.4, 0.5) is 18.0 Å². The lowest BCUT2D eigenvalue weighted by Gasteiger charge is -2.24. The second-order valence-electron chi connectivity index (χ2n) is 10.4. The molecule has 1 aliphatic heterocycles. The van der Waals surface area contributed by atoms with Crippen molar-refractivity contribution in [3.63, 3.8) is 0 Å². The Morgan fingerprint density at radius 2 is 1.77 bits per heavy atom. The molecule has 0 spiro atoms. The van der Waals surface area contributed by atoms with E-state index in [1.165, 1.54) is 29.2 Å². The number of nitrogens with zero attached hydrogens (tertiary/aromatic N) is 4. The second-order valence-corrected chi connectivity index (χ2v) is 12.4. The highest BCUT2D eigenvalue weighted by Gasteiger charge is 2.40. The van der Waals surface area contributed by atoms with Gasteiger partial charge in [-0.3, -0.25) is 0 Å². The molecular weight excluding hydrogens is 537 g/mol. The Labute approximate surface area is 224 Å². The molecular formula is C26H29F3N4O5S. The van der Waals surface area contributed by atoms with Crippen molar-refractivity contribution in [1.29, 1.82) is 0 Å². The van der Waals surface area contributed by atoms with E-state index in [4.69, 9.17) is 9.47 Å². The van der Waals surface area contributed by atoms with Crippen molar-refractivity contribution in [2.24, 2.45) is 0 Å². The first-order chi connectivity index (χ1) is 18.1. The highest BCUT2D eigenvalue weighted by molar-refractivity contribution is 7.90. The van der Waals surface area contributed by atoms with E-state index in [-0.39, 0.29) is 24.6 Å². The molecule has 13 heteroatoms. The molecule has 0 N–H and O–H groups in total. The molecule has 3 aromatic rings. The zero-order chi connectivity index (χ0) is 28.6. The molecule has 0 bridgehead atoms. The molecule has 210 valence electrons. The number of hydrogen-bond donors (Lipinski definition) is 0. The summed E-state index contributed by atoms with van der Waals surface area (Å²) in [4.78, 5) is 14.4. The minimum Gasteiger partial charge on any atom is -0.444 e. The van der Waals surface area contributed by atoms with Crippen molar-refractivity contribution in [2.45, 2.75) is 56.2 Å². The van der Waals surface area contributed by atoms with Crippen molar-refractivity contribution in [3.05, 3.63) is 65.9 Å². The number of carbonyl (C=O) groups excluding carboxylic acids is 1. The van der Waals surface area contributed by atoms with E-state index >= 15 is 0 Å². The van der Waals surface area contributed by atoms with Gasteiger partial charge in [-0.25, -0.2) is 17.9 Å². The number of alkyl halides is 3. The molecule has 0 saturated carbocycles. The summed E-state index contributed by atoms with van der Waals surface area (Å²) < 4.78 is 75.8. The van der Waals surface area contributed by atoms with Gasteiger partial charge >= 0.3 is 12.3 Å². The monoisotopic (exact) mass is 566 g/mol. The average Bonchev–Trinajstić information content (AvgIpc) is 3.48. The maximum absolute atomic E-state index is 12.9. The van der Waals surface area contributed by atoms with Crippen molar-refractivity contribution in [2.75, 3.05) is 19.3 Å². The van der Waals surface area contributed by atoms with Gasteiger partial charge in [0.1, 0.15) is 11.3 Å². The Bertz CT molecular complexity index is 1430. The van der Waals surface area contributed by atoms with Gasteiger partial charge in [0.15, 0.2) is 9.84 Å². The van der Waals surface area contributed by atoms with Crippen LogP contribution in [-0.2, 0) is 32.1 Å². The predicted molar refractivity (Wildman–Crippen MR) is 135 cm³/mol. The summed E-state index contributed by atoms with van der Waals surface area (Å²) >= 11 is 0. The summed E-state index contributed by atoms with van der Waals surface area (Å²) in [6, 6.07) is 10.5. The number of hydrogen-bond acceptors (Lipinski definition) is 7. The van der Waals surface area contributed by atoms with E-state index in [1.54, 1.807) is 43.8 Å². The predicted octanol–water partition coefficient (Wildman–Crippen LogP) is 4.74. The summed E-state index contributed by atoms with van der Waals surface area (Å²) in [7, 11) is -3.42. The second kappa shape index (κ2) is 10.6. The van der Waals surface area contributed by atoms with E-state index in [2.05, 4.69) is 10.3 Å². The fraction of sp³-hybridized carbons (Fsp3) is 0.423. The Morgan fingerprint density at radius 1 is 1.08 bits per heavy atom. The molecule has 39 heavy (non-hydrogen) atoms. The van der Waals surface area contributed by atoms with Crippen molar-refractivity contribution in [3.8, 4) is 11.3 Å². The van der Waals surface area contributed by atoms with E-state index in [9.17, 15) is 26.4 Å². The number of sulfone groups is 1. The molecule has 2 atom stereocenters. The van der Waals surface area contributed by atoms with Crippen LogP contribution in [0.1, 0.15) is 37.9 Å². The van der Waals surface area contributed by atoms with Gasteiger partial charge in [-0.2, -0.15) is 13.2 Å². The lowest BCUT2D eigenvalue weighted by molar-refractivity contribution is -0.137. The SMILES string of the molecule is CC(C)(C)OC(=O)N1C[C@@H](n2cc(-c3cccc(S(C)(=O)=O)c3)nn2)[C@H](OCc2ccc(C(F)(F)F)cc2)C1. The number of carbonyl (C=O) groups is 1. The highest BCUT2D eigenvalue weighted by atomic mass is 32.2. The number of likely N-dealkylation sites (tertiary alicyclic amines) is 1. The van der Waals surface area contributed by atoms with Gasteiger partial charge < -0.3 is 14.4 Å². The third-order valence-corrected chi connectivity index (χ3v) is 7.15. The van der Waals surface area contributed by atoms with Crippen LogP contribution < -0.4 is 0 Å². The maximum Gasteiger partial charge on any atom is 0.416 e. The molecule has 2 heterocycles. The van der Waals surface area contributed by atoms with Crippen LogP contribution in [0.2, 0.25) is 0 Å². The van der Waals surface area contributed by atoms with Gasteiger partial charge in [-0.1, -0.05) is 29.5 Å². The number of aromatic nitrogens is 3. The molecule has 1 aliphatic rings. The Kier molecular flexibility index (Phi) is 7.77. The smallest absolute Gasteiger partial charge is 0.416 e. The first kappa shape index (κ1) is 28.6. The fourth-order valence-electron chi connectivity index (χ4n) is 4.10. The van der Waals surface area contributed by atoms with Crippen LogP contribution in [0.25, 0.3) is 11.3 Å². The number of amides is 1. The van der Waals surface area contributed by atoms with Crippen LogP contribution in [0.15, 0.2) is 59.6 Å². The topological polar surface area (TPSA) is 104 Å². The zero-order valence-electron chi connectivity index (χ0n) is 21.8. The molecule has 1 saturated heterocycles. The number of benzene rings is 2. The minimum atomic E-state index is -4.44. The largest absolute Gasteiger partial charge is 0.444 e. The fourth-order valence-corrected chi connectivity index (χ4v) is 4.77. The number of ether oxygens (including phenoxy) is 2. The summed E-state index contributed by atoms with van der Waals surface area (Å²) in [6.45, 7) is 5.64. The first-order valence-corrected chi connectivity index (χ1v) is 14.0. The maximum atomic E-state index is 12.9. The Balaban J connectivity index is 1.56. The summed E-state index contributed by atoms with van der Waals surface area (Å²) in [5.41, 5.74) is 0.0493. The standard InChI is InChI=1S/C26H29F3N4O5S/c1-25(2,3)38-24(34)32-14-22(23(15-32)37-16-17-8-10-19(11-9-17)26(27,28)29)33-13-21(30-31-33)18-6-5-7-20(12-18)39(4,35)36/h5-13,22-23H,14-16H2,1-4H3/t22-,23-/m1/s1. The highest BCUT2D eigenvalue weighted by Crippen LogP contribution is 2.31. The van der Waals surface area contributed by atoms with Crippen LogP contribution >= 0.6 is 0 Å². The summed E-state index contributed by atoms with van der Waals surface area (Å²) in [5, 5.41) is 8.40. The first-order valence-electron chi connectivity index (χ1n) is 12.1. The van der Waals surface area contributed by atoms with Crippen molar-refractivity contribution < 1.29 is 35.9 Å². The molecule has 0 radical (unpaired) electrons.